The first-order chi connectivity index (χ1) is 18.6. The summed E-state index contributed by atoms with van der Waals surface area (Å²) in [6.45, 7) is 2.37. The molecule has 4 rings (SSSR count). The van der Waals surface area contributed by atoms with E-state index < -0.39 is 16.3 Å². The summed E-state index contributed by atoms with van der Waals surface area (Å²) in [5.74, 6) is -1.07. The Bertz CT molecular complexity index is 1600. The molecule has 0 aliphatic rings. The van der Waals surface area contributed by atoms with Crippen molar-refractivity contribution in [3.8, 4) is 17.6 Å². The minimum atomic E-state index is -1.08. The number of likely N-dealkylation sites (N-methyl/N-ethyl adjacent to an activating group) is 1. The number of hydrogen-bond donors (Lipinski definition) is 2. The number of nitriles is 1. The molecule has 0 aliphatic carbocycles. The quantitative estimate of drug-likeness (QED) is 0.244. The number of hydrogen-bond acceptors (Lipinski definition) is 8. The number of nitrogens with two attached hydrogens (primary N) is 1. The number of primary amides is 1. The Kier molecular flexibility index (Phi) is 7.95. The van der Waals surface area contributed by atoms with Gasteiger partial charge >= 0.3 is 11.8 Å². The SMILES string of the molecule is CCOc1cc2ncc(C#N)c(Nc3ccc(OCc4ccccn4)c(Cl)c3)c2cc1[N+](C)(C)C(=O)C(N)=O. The number of nitrogens with one attached hydrogen (secondary N) is 1. The van der Waals surface area contributed by atoms with Crippen molar-refractivity contribution < 1.29 is 19.1 Å². The average molecular weight is 546 g/mol. The number of quaternary nitrogens is 1. The Balaban J connectivity index is 1.75. The molecule has 39 heavy (non-hydrogen) atoms. The Labute approximate surface area is 230 Å². The van der Waals surface area contributed by atoms with Gasteiger partial charge in [-0.2, -0.15) is 5.26 Å². The van der Waals surface area contributed by atoms with Gasteiger partial charge in [0.15, 0.2) is 11.4 Å². The first-order valence-corrected chi connectivity index (χ1v) is 12.3. The van der Waals surface area contributed by atoms with Crippen LogP contribution >= 0.6 is 11.6 Å². The number of aromatic nitrogens is 2. The predicted octanol–water partition coefficient (Wildman–Crippen LogP) is 4.45. The Morgan fingerprint density at radius 3 is 2.54 bits per heavy atom. The molecule has 0 saturated carbocycles. The standard InChI is InChI=1S/C28H25ClN6O4/c1-4-38-25-13-22-20(12-23(25)35(2,3)28(37)27(31)36)26(17(14-30)15-33-22)34-18-8-9-24(21(29)11-18)39-16-19-7-5-6-10-32-19/h5-13,15H,4,16H2,1-3H3,(H2-,31,33,34,36)/p+1. The van der Waals surface area contributed by atoms with Crippen LogP contribution in [0.4, 0.5) is 17.1 Å². The number of amides is 2. The van der Waals surface area contributed by atoms with E-state index in [0.29, 0.717) is 51.1 Å². The lowest BCUT2D eigenvalue weighted by atomic mass is 10.1. The van der Waals surface area contributed by atoms with E-state index >= 15 is 0 Å². The third-order valence-electron chi connectivity index (χ3n) is 5.99. The van der Waals surface area contributed by atoms with Gasteiger partial charge in [0.25, 0.3) is 0 Å². The van der Waals surface area contributed by atoms with Gasteiger partial charge in [-0.15, -0.1) is 0 Å². The van der Waals surface area contributed by atoms with Crippen molar-refractivity contribution in [3.63, 3.8) is 0 Å². The number of ether oxygens (including phenoxy) is 2. The van der Waals surface area contributed by atoms with Crippen molar-refractivity contribution in [2.45, 2.75) is 13.5 Å². The normalized spacial score (nSPS) is 11.1. The third kappa shape index (κ3) is 5.75. The summed E-state index contributed by atoms with van der Waals surface area (Å²) in [6, 6.07) is 16.2. The molecule has 2 aromatic heterocycles. The average Bonchev–Trinajstić information content (AvgIpc) is 2.92. The molecular weight excluding hydrogens is 520 g/mol. The fourth-order valence-corrected chi connectivity index (χ4v) is 4.23. The second-order valence-electron chi connectivity index (χ2n) is 8.93. The van der Waals surface area contributed by atoms with Gasteiger partial charge < -0.3 is 20.5 Å². The molecule has 11 heteroatoms. The van der Waals surface area contributed by atoms with E-state index in [-0.39, 0.29) is 12.2 Å². The second kappa shape index (κ2) is 11.3. The van der Waals surface area contributed by atoms with Crippen molar-refractivity contribution in [2.24, 2.45) is 5.73 Å². The summed E-state index contributed by atoms with van der Waals surface area (Å²) in [4.78, 5) is 33.1. The number of anilines is 2. The molecule has 10 nitrogen and oxygen atoms in total. The highest BCUT2D eigenvalue weighted by Crippen LogP contribution is 2.40. The van der Waals surface area contributed by atoms with Crippen LogP contribution in [-0.4, -0.2) is 42.5 Å². The van der Waals surface area contributed by atoms with E-state index in [9.17, 15) is 14.9 Å². The largest absolute Gasteiger partial charge is 0.488 e. The van der Waals surface area contributed by atoms with Crippen LogP contribution in [0.5, 0.6) is 11.5 Å². The summed E-state index contributed by atoms with van der Waals surface area (Å²) in [5.41, 5.74) is 8.26. The number of carbonyl (C=O) groups excluding carboxylic acids is 2. The maximum absolute atomic E-state index is 12.7. The number of nitrogens with zero attached hydrogens (tertiary/aromatic N) is 4. The van der Waals surface area contributed by atoms with E-state index in [0.717, 1.165) is 5.69 Å². The Morgan fingerprint density at radius 2 is 1.90 bits per heavy atom. The highest BCUT2D eigenvalue weighted by atomic mass is 35.5. The molecule has 0 saturated heterocycles. The zero-order valence-electron chi connectivity index (χ0n) is 21.6. The van der Waals surface area contributed by atoms with Gasteiger partial charge in [0.1, 0.15) is 18.4 Å². The fourth-order valence-electron chi connectivity index (χ4n) is 4.00. The summed E-state index contributed by atoms with van der Waals surface area (Å²) < 4.78 is 11.1. The lowest BCUT2D eigenvalue weighted by Crippen LogP contribution is -2.52. The second-order valence-corrected chi connectivity index (χ2v) is 9.34. The van der Waals surface area contributed by atoms with Gasteiger partial charge in [-0.25, -0.2) is 9.28 Å². The third-order valence-corrected chi connectivity index (χ3v) is 6.29. The van der Waals surface area contributed by atoms with Crippen molar-refractivity contribution in [1.82, 2.24) is 14.5 Å². The number of halogens is 1. The maximum Gasteiger partial charge on any atom is 0.408 e. The molecule has 0 bridgehead atoms. The molecular formula is C28H26ClN6O4+. The molecule has 2 aromatic carbocycles. The van der Waals surface area contributed by atoms with Gasteiger partial charge in [-0.1, -0.05) is 17.7 Å². The van der Waals surface area contributed by atoms with Gasteiger partial charge in [-0.05, 0) is 37.3 Å². The van der Waals surface area contributed by atoms with E-state index in [1.54, 1.807) is 43.5 Å². The fraction of sp³-hybridized carbons (Fsp3) is 0.179. The summed E-state index contributed by atoms with van der Waals surface area (Å²) in [5, 5.41) is 14.0. The van der Waals surface area contributed by atoms with Crippen LogP contribution in [0.15, 0.2) is 60.9 Å². The first kappa shape index (κ1) is 27.3. The van der Waals surface area contributed by atoms with Crippen molar-refractivity contribution in [3.05, 3.63) is 77.2 Å². The van der Waals surface area contributed by atoms with Crippen LogP contribution in [-0.2, 0) is 16.2 Å². The molecule has 198 valence electrons. The molecule has 0 atom stereocenters. The minimum Gasteiger partial charge on any atom is -0.488 e. The first-order valence-electron chi connectivity index (χ1n) is 11.9. The maximum atomic E-state index is 12.7. The summed E-state index contributed by atoms with van der Waals surface area (Å²) >= 11 is 6.50. The van der Waals surface area contributed by atoms with Crippen molar-refractivity contribution in [1.29, 1.82) is 5.26 Å². The molecule has 0 radical (unpaired) electrons. The van der Waals surface area contributed by atoms with Gasteiger partial charge in [0, 0.05) is 35.6 Å². The van der Waals surface area contributed by atoms with Crippen LogP contribution in [0.2, 0.25) is 5.02 Å². The minimum absolute atomic E-state index is 0.254. The van der Waals surface area contributed by atoms with Gasteiger partial charge in [-0.3, -0.25) is 14.8 Å². The van der Waals surface area contributed by atoms with Crippen LogP contribution in [0.25, 0.3) is 10.9 Å². The van der Waals surface area contributed by atoms with Crippen molar-refractivity contribution in [2.75, 3.05) is 26.0 Å². The van der Waals surface area contributed by atoms with Crippen molar-refractivity contribution >= 4 is 51.4 Å². The van der Waals surface area contributed by atoms with Crippen LogP contribution in [0, 0.1) is 11.3 Å². The zero-order chi connectivity index (χ0) is 28.2. The van der Waals surface area contributed by atoms with E-state index in [4.69, 9.17) is 26.8 Å². The lowest BCUT2D eigenvalue weighted by Gasteiger charge is -2.27. The number of carbonyl (C=O) groups is 2. The molecule has 0 aliphatic heterocycles. The van der Waals surface area contributed by atoms with Gasteiger partial charge in [0.2, 0.25) is 0 Å². The lowest BCUT2D eigenvalue weighted by molar-refractivity contribution is -0.142. The number of rotatable bonds is 8. The molecule has 0 spiro atoms. The highest BCUT2D eigenvalue weighted by Gasteiger charge is 2.37. The van der Waals surface area contributed by atoms with Gasteiger partial charge in [0.05, 0.1) is 48.2 Å². The van der Waals surface area contributed by atoms with E-state index in [1.807, 2.05) is 18.2 Å². The molecule has 2 heterocycles. The number of fused-ring (bicyclic) bond motifs is 1. The van der Waals surface area contributed by atoms with Crippen LogP contribution in [0.1, 0.15) is 18.2 Å². The summed E-state index contributed by atoms with van der Waals surface area (Å²) in [7, 11) is 3.07. The molecule has 0 fully saturated rings. The Hall–Kier alpha value is -4.72. The van der Waals surface area contributed by atoms with Crippen LogP contribution < -0.4 is 25.0 Å². The molecule has 0 unspecified atom stereocenters. The number of pyridine rings is 2. The predicted molar refractivity (Wildman–Crippen MR) is 149 cm³/mol. The molecule has 3 N–H and O–H groups in total. The topological polar surface area (TPSA) is 140 Å². The Morgan fingerprint density at radius 1 is 1.10 bits per heavy atom. The highest BCUT2D eigenvalue weighted by molar-refractivity contribution is 6.37. The molecule has 2 amide bonds. The van der Waals surface area contributed by atoms with E-state index in [2.05, 4.69) is 21.4 Å². The van der Waals surface area contributed by atoms with Crippen LogP contribution in [0.3, 0.4) is 0 Å². The monoisotopic (exact) mass is 545 g/mol. The number of benzene rings is 2. The van der Waals surface area contributed by atoms with E-state index in [1.165, 1.54) is 20.3 Å². The molecule has 4 aromatic rings. The summed E-state index contributed by atoms with van der Waals surface area (Å²) in [6.07, 6.45) is 3.13. The smallest absolute Gasteiger partial charge is 0.408 e. The zero-order valence-corrected chi connectivity index (χ0v) is 22.3.